The highest BCUT2D eigenvalue weighted by molar-refractivity contribution is 6.06. The molecule has 0 bridgehead atoms. The maximum Gasteiger partial charge on any atom is 0.136 e. The number of furan rings is 1. The van der Waals surface area contributed by atoms with Crippen LogP contribution in [0.4, 0.5) is 17.1 Å². The van der Waals surface area contributed by atoms with Crippen LogP contribution in [0.2, 0.25) is 0 Å². The van der Waals surface area contributed by atoms with Gasteiger partial charge >= 0.3 is 0 Å². The molecule has 10 rings (SSSR count). The molecule has 0 aliphatic heterocycles. The van der Waals surface area contributed by atoms with E-state index in [0.29, 0.717) is 0 Å². The van der Waals surface area contributed by atoms with Gasteiger partial charge in [-0.15, -0.1) is 0 Å². The highest BCUT2D eigenvalue weighted by atomic mass is 16.3. The number of benzene rings is 7. The molecule has 0 unspecified atom stereocenters. The molecule has 2 heteroatoms. The Labute approximate surface area is 293 Å². The van der Waals surface area contributed by atoms with Crippen LogP contribution in [0.1, 0.15) is 49.9 Å². The predicted molar refractivity (Wildman–Crippen MR) is 209 cm³/mol. The van der Waals surface area contributed by atoms with Gasteiger partial charge in [0.1, 0.15) is 11.2 Å². The van der Waals surface area contributed by atoms with Gasteiger partial charge in [0.05, 0.1) is 17.1 Å². The number of anilines is 3. The van der Waals surface area contributed by atoms with Gasteiger partial charge in [-0.3, -0.25) is 0 Å². The lowest BCUT2D eigenvalue weighted by atomic mass is 9.79. The second-order valence-corrected chi connectivity index (χ2v) is 14.9. The van der Waals surface area contributed by atoms with Crippen molar-refractivity contribution in [3.63, 3.8) is 0 Å². The Morgan fingerprint density at radius 2 is 0.880 bits per heavy atom. The second kappa shape index (κ2) is 10.3. The van der Waals surface area contributed by atoms with Crippen LogP contribution in [-0.4, -0.2) is 0 Å². The van der Waals surface area contributed by atoms with E-state index in [9.17, 15) is 0 Å². The summed E-state index contributed by atoms with van der Waals surface area (Å²) in [5.41, 5.74) is 18.0. The van der Waals surface area contributed by atoms with Gasteiger partial charge in [-0.2, -0.15) is 0 Å². The van der Waals surface area contributed by atoms with Crippen molar-refractivity contribution in [1.82, 2.24) is 0 Å². The fourth-order valence-corrected chi connectivity index (χ4v) is 9.21. The van der Waals surface area contributed by atoms with Crippen LogP contribution in [0, 0.1) is 0 Å². The number of para-hydroxylation sites is 2. The Morgan fingerprint density at radius 3 is 1.52 bits per heavy atom. The van der Waals surface area contributed by atoms with Gasteiger partial charge in [-0.05, 0) is 86.5 Å². The zero-order valence-corrected chi connectivity index (χ0v) is 28.8. The van der Waals surface area contributed by atoms with Crippen LogP contribution in [-0.2, 0) is 10.8 Å². The van der Waals surface area contributed by atoms with Crippen molar-refractivity contribution < 1.29 is 4.42 Å². The van der Waals surface area contributed by atoms with Crippen LogP contribution in [0.3, 0.4) is 0 Å². The quantitative estimate of drug-likeness (QED) is 0.190. The molecule has 7 aromatic carbocycles. The van der Waals surface area contributed by atoms with Crippen LogP contribution in [0.5, 0.6) is 0 Å². The summed E-state index contributed by atoms with van der Waals surface area (Å²) in [6.45, 7) is 9.54. The molecule has 0 saturated heterocycles. The summed E-state index contributed by atoms with van der Waals surface area (Å²) < 4.78 is 6.42. The molecule has 0 spiro atoms. The average Bonchev–Trinajstić information content (AvgIpc) is 3.72. The molecule has 2 nitrogen and oxygen atoms in total. The lowest BCUT2D eigenvalue weighted by Gasteiger charge is -2.36. The monoisotopic (exact) mass is 643 g/mol. The fraction of sp³-hybridized carbons (Fsp3) is 0.125. The van der Waals surface area contributed by atoms with Crippen LogP contribution in [0.15, 0.2) is 156 Å². The van der Waals surface area contributed by atoms with Crippen molar-refractivity contribution in [1.29, 1.82) is 0 Å². The van der Waals surface area contributed by atoms with E-state index in [0.717, 1.165) is 38.8 Å². The Morgan fingerprint density at radius 1 is 0.400 bits per heavy atom. The minimum Gasteiger partial charge on any atom is -0.456 e. The normalized spacial score (nSPS) is 14.7. The number of nitrogens with zero attached hydrogens (tertiary/aromatic N) is 1. The predicted octanol–water partition coefficient (Wildman–Crippen LogP) is 13.3. The average molecular weight is 644 g/mol. The smallest absolute Gasteiger partial charge is 0.136 e. The van der Waals surface area contributed by atoms with Gasteiger partial charge in [-0.25, -0.2) is 0 Å². The molecular weight excluding hydrogens is 607 g/mol. The standard InChI is InChI=1S/C48H37NO/c1-47(2)38-21-9-5-16-32(38)36-19-13-24-41(45(36)47)49(42-25-14-20-37-33-17-6-10-22-39(33)48(3,4)46(37)42)40-23-11-7-15-31(40)30-27-28-35-34-18-8-12-26-43(34)50-44(35)29-30/h5-29H,1-4H3. The van der Waals surface area contributed by atoms with Gasteiger partial charge in [-0.1, -0.05) is 143 Å². The third-order valence-electron chi connectivity index (χ3n) is 11.4. The van der Waals surface area contributed by atoms with Gasteiger partial charge in [0.15, 0.2) is 0 Å². The zero-order valence-electron chi connectivity index (χ0n) is 28.8. The van der Waals surface area contributed by atoms with Gasteiger partial charge in [0.25, 0.3) is 0 Å². The van der Waals surface area contributed by atoms with E-state index >= 15 is 0 Å². The van der Waals surface area contributed by atoms with E-state index < -0.39 is 0 Å². The van der Waals surface area contributed by atoms with E-state index in [-0.39, 0.29) is 10.8 Å². The Bertz CT molecular complexity index is 2560. The molecular formula is C48H37NO. The summed E-state index contributed by atoms with van der Waals surface area (Å²) in [6.07, 6.45) is 0. The molecule has 2 aliphatic rings. The van der Waals surface area contributed by atoms with Crippen molar-refractivity contribution in [2.24, 2.45) is 0 Å². The zero-order chi connectivity index (χ0) is 33.8. The van der Waals surface area contributed by atoms with E-state index in [4.69, 9.17) is 4.42 Å². The van der Waals surface area contributed by atoms with Crippen molar-refractivity contribution in [2.75, 3.05) is 4.90 Å². The van der Waals surface area contributed by atoms with E-state index in [1.807, 2.05) is 6.07 Å². The summed E-state index contributed by atoms with van der Waals surface area (Å²) in [5, 5.41) is 2.28. The molecule has 8 aromatic rings. The lowest BCUT2D eigenvalue weighted by Crippen LogP contribution is -2.24. The summed E-state index contributed by atoms with van der Waals surface area (Å²) in [4.78, 5) is 2.57. The Balaban J connectivity index is 1.27. The molecule has 0 atom stereocenters. The maximum absolute atomic E-state index is 6.42. The first kappa shape index (κ1) is 29.1. The van der Waals surface area contributed by atoms with E-state index in [1.54, 1.807) is 0 Å². The highest BCUT2D eigenvalue weighted by Gasteiger charge is 2.42. The summed E-state index contributed by atoms with van der Waals surface area (Å²) in [7, 11) is 0. The first-order chi connectivity index (χ1) is 24.3. The molecule has 0 fully saturated rings. The van der Waals surface area contributed by atoms with E-state index in [1.165, 1.54) is 55.9 Å². The van der Waals surface area contributed by atoms with Crippen molar-refractivity contribution in [2.45, 2.75) is 38.5 Å². The third-order valence-corrected chi connectivity index (χ3v) is 11.4. The topological polar surface area (TPSA) is 16.4 Å². The fourth-order valence-electron chi connectivity index (χ4n) is 9.21. The Kier molecular flexibility index (Phi) is 6.01. The van der Waals surface area contributed by atoms with Gasteiger partial charge in [0.2, 0.25) is 0 Å². The van der Waals surface area contributed by atoms with Crippen LogP contribution < -0.4 is 4.90 Å². The molecule has 0 saturated carbocycles. The highest BCUT2D eigenvalue weighted by Crippen LogP contribution is 2.58. The van der Waals surface area contributed by atoms with Crippen molar-refractivity contribution in [3.8, 4) is 33.4 Å². The second-order valence-electron chi connectivity index (χ2n) is 14.9. The summed E-state index contributed by atoms with van der Waals surface area (Å²) >= 11 is 0. The first-order valence-corrected chi connectivity index (χ1v) is 17.6. The SMILES string of the molecule is CC1(C)c2ccccc2-c2cccc(N(c3ccccc3-c3ccc4c(c3)oc3ccccc34)c3cccc4c3C(C)(C)c3ccccc3-4)c21. The minimum atomic E-state index is -0.195. The molecule has 0 N–H and O–H groups in total. The molecule has 0 amide bonds. The van der Waals surface area contributed by atoms with Gasteiger partial charge in [0, 0.05) is 27.2 Å². The molecule has 2 aliphatic carbocycles. The van der Waals surface area contributed by atoms with Gasteiger partial charge < -0.3 is 9.32 Å². The number of hydrogen-bond donors (Lipinski definition) is 0. The summed E-state index contributed by atoms with van der Waals surface area (Å²) in [5.74, 6) is 0. The van der Waals surface area contributed by atoms with Crippen LogP contribution in [0.25, 0.3) is 55.3 Å². The van der Waals surface area contributed by atoms with Crippen LogP contribution >= 0.6 is 0 Å². The minimum absolute atomic E-state index is 0.195. The first-order valence-electron chi connectivity index (χ1n) is 17.6. The third kappa shape index (κ3) is 3.91. The van der Waals surface area contributed by atoms with Crippen molar-refractivity contribution >= 4 is 39.0 Å². The Hall–Kier alpha value is -5.86. The maximum atomic E-state index is 6.42. The molecule has 1 aromatic heterocycles. The largest absolute Gasteiger partial charge is 0.456 e. The summed E-state index contributed by atoms with van der Waals surface area (Å²) in [6, 6.07) is 55.5. The number of fused-ring (bicyclic) bond motifs is 9. The number of rotatable bonds is 4. The molecule has 1 heterocycles. The number of hydrogen-bond acceptors (Lipinski definition) is 2. The molecule has 50 heavy (non-hydrogen) atoms. The van der Waals surface area contributed by atoms with E-state index in [2.05, 4.69) is 178 Å². The molecule has 240 valence electrons. The lowest BCUT2D eigenvalue weighted by molar-refractivity contribution is 0.656. The van der Waals surface area contributed by atoms with Crippen molar-refractivity contribution in [3.05, 3.63) is 174 Å². The molecule has 0 radical (unpaired) electrons.